The summed E-state index contributed by atoms with van der Waals surface area (Å²) < 4.78 is 12.8. The van der Waals surface area contributed by atoms with Gasteiger partial charge >= 0.3 is 0 Å². The number of nitrogens with zero attached hydrogens (tertiary/aromatic N) is 1. The van der Waals surface area contributed by atoms with E-state index in [1.807, 2.05) is 6.07 Å². The molecule has 1 rings (SSSR count). The van der Waals surface area contributed by atoms with E-state index in [1.165, 1.54) is 0 Å². The minimum Gasteiger partial charge on any atom is -0.226 e. The van der Waals surface area contributed by atoms with Crippen LogP contribution in [0.1, 0.15) is 17.3 Å². The molecule has 0 aliphatic rings. The zero-order valence-electron chi connectivity index (χ0n) is 6.21. The van der Waals surface area contributed by atoms with Gasteiger partial charge in [-0.3, -0.25) is 0 Å². The monoisotopic (exact) mass is 149 g/mol. The summed E-state index contributed by atoms with van der Waals surface area (Å²) in [4.78, 5) is 0. The molecule has 0 bridgehead atoms. The summed E-state index contributed by atoms with van der Waals surface area (Å²) in [6.45, 7) is 1.79. The number of benzene rings is 1. The number of halogens is 1. The molecule has 1 atom stereocenters. The molecule has 1 aromatic rings. The first-order chi connectivity index (χ1) is 5.25. The standard InChI is InChI=1S/C9H8FN/c1-7-4-2-3-5-8(7)9(10)6-11/h2-5,9H,1H3. The number of hydrogen-bond donors (Lipinski definition) is 0. The maximum absolute atomic E-state index is 12.8. The van der Waals surface area contributed by atoms with Crippen molar-refractivity contribution in [3.8, 4) is 6.07 Å². The molecule has 0 N–H and O–H groups in total. The third-order valence-electron chi connectivity index (χ3n) is 1.57. The second-order valence-corrected chi connectivity index (χ2v) is 2.35. The highest BCUT2D eigenvalue weighted by atomic mass is 19.1. The van der Waals surface area contributed by atoms with Gasteiger partial charge in [0.1, 0.15) is 6.07 Å². The number of nitriles is 1. The molecular weight excluding hydrogens is 141 g/mol. The first-order valence-electron chi connectivity index (χ1n) is 3.35. The van der Waals surface area contributed by atoms with E-state index in [2.05, 4.69) is 0 Å². The molecule has 0 amide bonds. The fourth-order valence-corrected chi connectivity index (χ4v) is 0.941. The van der Waals surface area contributed by atoms with Gasteiger partial charge in [-0.2, -0.15) is 5.26 Å². The van der Waals surface area contributed by atoms with Crippen LogP contribution in [-0.4, -0.2) is 0 Å². The lowest BCUT2D eigenvalue weighted by Gasteiger charge is -2.02. The Morgan fingerprint density at radius 1 is 1.45 bits per heavy atom. The Bertz CT molecular complexity index is 288. The summed E-state index contributed by atoms with van der Waals surface area (Å²) >= 11 is 0. The van der Waals surface area contributed by atoms with Crippen molar-refractivity contribution in [1.82, 2.24) is 0 Å². The molecule has 0 heterocycles. The van der Waals surface area contributed by atoms with Crippen LogP contribution in [-0.2, 0) is 0 Å². The number of rotatable bonds is 1. The van der Waals surface area contributed by atoms with Crippen molar-refractivity contribution in [2.24, 2.45) is 0 Å². The minimum atomic E-state index is -1.49. The molecule has 0 aliphatic heterocycles. The largest absolute Gasteiger partial charge is 0.226 e. The molecule has 0 spiro atoms. The zero-order valence-corrected chi connectivity index (χ0v) is 6.21. The highest BCUT2D eigenvalue weighted by Gasteiger charge is 2.08. The molecule has 1 aromatic carbocycles. The lowest BCUT2D eigenvalue weighted by Crippen LogP contribution is -1.90. The molecule has 56 valence electrons. The molecule has 0 saturated heterocycles. The van der Waals surface area contributed by atoms with E-state index in [0.717, 1.165) is 5.56 Å². The predicted molar refractivity (Wildman–Crippen MR) is 40.6 cm³/mol. The first kappa shape index (κ1) is 7.74. The van der Waals surface area contributed by atoms with Gasteiger partial charge in [-0.05, 0) is 12.5 Å². The summed E-state index contributed by atoms with van der Waals surface area (Å²) in [5.41, 5.74) is 1.29. The van der Waals surface area contributed by atoms with Crippen LogP contribution in [0.25, 0.3) is 0 Å². The highest BCUT2D eigenvalue weighted by Crippen LogP contribution is 2.19. The van der Waals surface area contributed by atoms with E-state index in [4.69, 9.17) is 5.26 Å². The summed E-state index contributed by atoms with van der Waals surface area (Å²) in [5, 5.41) is 8.29. The van der Waals surface area contributed by atoms with Crippen molar-refractivity contribution in [2.75, 3.05) is 0 Å². The highest BCUT2D eigenvalue weighted by molar-refractivity contribution is 5.30. The van der Waals surface area contributed by atoms with Gasteiger partial charge in [-0.1, -0.05) is 24.3 Å². The lowest BCUT2D eigenvalue weighted by atomic mass is 10.1. The third-order valence-corrected chi connectivity index (χ3v) is 1.57. The van der Waals surface area contributed by atoms with Crippen molar-refractivity contribution in [1.29, 1.82) is 5.26 Å². The van der Waals surface area contributed by atoms with Crippen LogP contribution >= 0.6 is 0 Å². The molecule has 0 aliphatic carbocycles. The Kier molecular flexibility index (Phi) is 2.22. The van der Waals surface area contributed by atoms with Crippen LogP contribution in [0, 0.1) is 18.3 Å². The van der Waals surface area contributed by atoms with E-state index < -0.39 is 6.17 Å². The van der Waals surface area contributed by atoms with Crippen LogP contribution in [0.15, 0.2) is 24.3 Å². The summed E-state index contributed by atoms with van der Waals surface area (Å²) in [7, 11) is 0. The fourth-order valence-electron chi connectivity index (χ4n) is 0.941. The Morgan fingerprint density at radius 2 is 2.09 bits per heavy atom. The fraction of sp³-hybridized carbons (Fsp3) is 0.222. The van der Waals surface area contributed by atoms with Crippen LogP contribution < -0.4 is 0 Å². The topological polar surface area (TPSA) is 23.8 Å². The van der Waals surface area contributed by atoms with Gasteiger partial charge in [0.05, 0.1) is 0 Å². The zero-order chi connectivity index (χ0) is 8.27. The van der Waals surface area contributed by atoms with Gasteiger partial charge in [0.2, 0.25) is 6.17 Å². The lowest BCUT2D eigenvalue weighted by molar-refractivity contribution is 0.422. The molecule has 0 aromatic heterocycles. The van der Waals surface area contributed by atoms with Gasteiger partial charge in [0.15, 0.2) is 0 Å². The predicted octanol–water partition coefficient (Wildman–Crippen LogP) is 2.53. The molecule has 11 heavy (non-hydrogen) atoms. The smallest absolute Gasteiger partial charge is 0.211 e. The van der Waals surface area contributed by atoms with Crippen molar-refractivity contribution in [3.63, 3.8) is 0 Å². The van der Waals surface area contributed by atoms with E-state index in [0.29, 0.717) is 5.56 Å². The van der Waals surface area contributed by atoms with Crippen molar-refractivity contribution < 1.29 is 4.39 Å². The van der Waals surface area contributed by atoms with Crippen molar-refractivity contribution in [3.05, 3.63) is 35.4 Å². The van der Waals surface area contributed by atoms with Crippen LogP contribution in [0.3, 0.4) is 0 Å². The Hall–Kier alpha value is -1.36. The van der Waals surface area contributed by atoms with Gasteiger partial charge in [-0.25, -0.2) is 4.39 Å². The summed E-state index contributed by atoms with van der Waals surface area (Å²) in [5.74, 6) is 0. The van der Waals surface area contributed by atoms with Gasteiger partial charge < -0.3 is 0 Å². The number of hydrogen-bond acceptors (Lipinski definition) is 1. The van der Waals surface area contributed by atoms with E-state index in [1.54, 1.807) is 31.2 Å². The molecule has 0 saturated carbocycles. The number of aryl methyl sites for hydroxylation is 1. The normalized spacial score (nSPS) is 12.1. The average molecular weight is 149 g/mol. The van der Waals surface area contributed by atoms with Crippen molar-refractivity contribution >= 4 is 0 Å². The molecule has 1 unspecified atom stereocenters. The maximum atomic E-state index is 12.8. The maximum Gasteiger partial charge on any atom is 0.211 e. The minimum absolute atomic E-state index is 0.468. The van der Waals surface area contributed by atoms with E-state index in [-0.39, 0.29) is 0 Å². The Morgan fingerprint density at radius 3 is 2.64 bits per heavy atom. The molecular formula is C9H8FN. The second-order valence-electron chi connectivity index (χ2n) is 2.35. The molecule has 1 nitrogen and oxygen atoms in total. The van der Waals surface area contributed by atoms with E-state index >= 15 is 0 Å². The molecule has 0 radical (unpaired) electrons. The average Bonchev–Trinajstić information content (AvgIpc) is 2.04. The quantitative estimate of drug-likeness (QED) is 0.601. The van der Waals surface area contributed by atoms with Crippen molar-refractivity contribution in [2.45, 2.75) is 13.1 Å². The molecule has 0 fully saturated rings. The first-order valence-corrected chi connectivity index (χ1v) is 3.35. The van der Waals surface area contributed by atoms with Gasteiger partial charge in [0.25, 0.3) is 0 Å². The Labute approximate surface area is 65.1 Å². The van der Waals surface area contributed by atoms with Crippen LogP contribution in [0.4, 0.5) is 4.39 Å². The van der Waals surface area contributed by atoms with Crippen LogP contribution in [0.5, 0.6) is 0 Å². The van der Waals surface area contributed by atoms with Gasteiger partial charge in [0, 0.05) is 5.56 Å². The SMILES string of the molecule is Cc1ccccc1C(F)C#N. The second kappa shape index (κ2) is 3.16. The van der Waals surface area contributed by atoms with Crippen LogP contribution in [0.2, 0.25) is 0 Å². The molecule has 2 heteroatoms. The summed E-state index contributed by atoms with van der Waals surface area (Å²) in [6.07, 6.45) is -1.49. The number of alkyl halides is 1. The van der Waals surface area contributed by atoms with Gasteiger partial charge in [-0.15, -0.1) is 0 Å². The van der Waals surface area contributed by atoms with E-state index in [9.17, 15) is 4.39 Å². The third kappa shape index (κ3) is 1.56. The summed E-state index contributed by atoms with van der Waals surface area (Å²) in [6, 6.07) is 8.53. The Balaban J connectivity index is 3.05.